The second-order valence-corrected chi connectivity index (χ2v) is 4.43. The predicted octanol–water partition coefficient (Wildman–Crippen LogP) is 3.52. The summed E-state index contributed by atoms with van der Waals surface area (Å²) in [5.74, 6) is 0.833. The lowest BCUT2D eigenvalue weighted by atomic mass is 10.1. The Balaban J connectivity index is 2.13. The highest BCUT2D eigenvalue weighted by molar-refractivity contribution is 5.61. The molecule has 1 N–H and O–H groups in total. The number of anilines is 1. The molecule has 0 aromatic heterocycles. The highest BCUT2D eigenvalue weighted by Crippen LogP contribution is 2.24. The zero-order valence-electron chi connectivity index (χ0n) is 11.4. The van der Waals surface area contributed by atoms with E-state index >= 15 is 0 Å². The van der Waals surface area contributed by atoms with Gasteiger partial charge in [-0.25, -0.2) is 0 Å². The van der Waals surface area contributed by atoms with E-state index in [1.54, 1.807) is 25.3 Å². The summed E-state index contributed by atoms with van der Waals surface area (Å²) in [5, 5.41) is 14.0. The fraction of sp³-hybridized carbons (Fsp3) is 0.200. The van der Waals surface area contributed by atoms with Crippen molar-refractivity contribution >= 4 is 11.4 Å². The van der Waals surface area contributed by atoms with Crippen LogP contribution in [0.2, 0.25) is 0 Å². The molecule has 0 aliphatic rings. The molecule has 2 aromatic carbocycles. The highest BCUT2D eigenvalue weighted by Gasteiger charge is 2.11. The van der Waals surface area contributed by atoms with E-state index < -0.39 is 0 Å². The molecular weight excluding hydrogens is 256 g/mol. The Morgan fingerprint density at radius 1 is 1.25 bits per heavy atom. The number of methoxy groups -OCH3 is 1. The van der Waals surface area contributed by atoms with E-state index in [4.69, 9.17) is 4.74 Å². The minimum Gasteiger partial charge on any atom is -0.496 e. The number of ether oxygens (including phenoxy) is 1. The van der Waals surface area contributed by atoms with Crippen LogP contribution in [0.25, 0.3) is 0 Å². The first kappa shape index (κ1) is 13.9. The Hall–Kier alpha value is -2.56. The molecule has 0 saturated carbocycles. The molecule has 5 heteroatoms. The van der Waals surface area contributed by atoms with Crippen LogP contribution in [0.3, 0.4) is 0 Å². The standard InChI is InChI=1S/C15H16N2O3/c1-11-9-12(7-8-15(11)20-2)10-16-13-5-3-4-6-14(13)17(18)19/h3-9,16H,10H2,1-2H3. The predicted molar refractivity (Wildman–Crippen MR) is 78.2 cm³/mol. The second kappa shape index (κ2) is 6.06. The molecule has 0 atom stereocenters. The Morgan fingerprint density at radius 2 is 2.00 bits per heavy atom. The van der Waals surface area contributed by atoms with Gasteiger partial charge in [-0.05, 0) is 30.2 Å². The summed E-state index contributed by atoms with van der Waals surface area (Å²) in [6, 6.07) is 12.4. The molecule has 2 rings (SSSR count). The number of nitro benzene ring substituents is 1. The third-order valence-corrected chi connectivity index (χ3v) is 3.04. The molecule has 20 heavy (non-hydrogen) atoms. The van der Waals surface area contributed by atoms with Crippen molar-refractivity contribution < 1.29 is 9.66 Å². The molecule has 0 fully saturated rings. The van der Waals surface area contributed by atoms with Crippen LogP contribution in [0.4, 0.5) is 11.4 Å². The van der Waals surface area contributed by atoms with Crippen LogP contribution in [-0.2, 0) is 6.54 Å². The Kier molecular flexibility index (Phi) is 4.20. The van der Waals surface area contributed by atoms with Gasteiger partial charge in [-0.15, -0.1) is 0 Å². The molecule has 2 aromatic rings. The van der Waals surface area contributed by atoms with Crippen molar-refractivity contribution in [3.8, 4) is 5.75 Å². The van der Waals surface area contributed by atoms with E-state index in [1.807, 2.05) is 25.1 Å². The van der Waals surface area contributed by atoms with E-state index in [0.29, 0.717) is 12.2 Å². The van der Waals surface area contributed by atoms with E-state index in [1.165, 1.54) is 6.07 Å². The van der Waals surface area contributed by atoms with E-state index in [0.717, 1.165) is 16.9 Å². The first-order chi connectivity index (χ1) is 9.61. The maximum absolute atomic E-state index is 10.9. The fourth-order valence-electron chi connectivity index (χ4n) is 2.03. The molecule has 0 bridgehead atoms. The summed E-state index contributed by atoms with van der Waals surface area (Å²) in [4.78, 5) is 10.5. The summed E-state index contributed by atoms with van der Waals surface area (Å²) in [6.07, 6.45) is 0. The highest BCUT2D eigenvalue weighted by atomic mass is 16.6. The first-order valence-electron chi connectivity index (χ1n) is 6.22. The second-order valence-electron chi connectivity index (χ2n) is 4.43. The maximum atomic E-state index is 10.9. The van der Waals surface area contributed by atoms with Gasteiger partial charge >= 0.3 is 0 Å². The summed E-state index contributed by atoms with van der Waals surface area (Å²) in [7, 11) is 1.63. The molecule has 0 unspecified atom stereocenters. The van der Waals surface area contributed by atoms with Crippen LogP contribution >= 0.6 is 0 Å². The van der Waals surface area contributed by atoms with Crippen molar-refractivity contribution in [2.24, 2.45) is 0 Å². The zero-order chi connectivity index (χ0) is 14.5. The smallest absolute Gasteiger partial charge is 0.292 e. The zero-order valence-corrected chi connectivity index (χ0v) is 11.4. The summed E-state index contributed by atoms with van der Waals surface area (Å²) in [6.45, 7) is 2.49. The third kappa shape index (κ3) is 3.06. The van der Waals surface area contributed by atoms with E-state index in [9.17, 15) is 10.1 Å². The molecule has 5 nitrogen and oxygen atoms in total. The number of rotatable bonds is 5. The van der Waals surface area contributed by atoms with Crippen molar-refractivity contribution in [2.45, 2.75) is 13.5 Å². The topological polar surface area (TPSA) is 64.4 Å². The number of nitrogens with zero attached hydrogens (tertiary/aromatic N) is 1. The number of hydrogen-bond donors (Lipinski definition) is 1. The molecule has 0 aliphatic carbocycles. The number of nitro groups is 1. The van der Waals surface area contributed by atoms with Gasteiger partial charge in [0.2, 0.25) is 0 Å². The van der Waals surface area contributed by atoms with E-state index in [-0.39, 0.29) is 10.6 Å². The Labute approximate surface area is 117 Å². The number of aryl methyl sites for hydroxylation is 1. The molecule has 0 amide bonds. The molecule has 0 spiro atoms. The normalized spacial score (nSPS) is 10.1. The van der Waals surface area contributed by atoms with Crippen LogP contribution in [-0.4, -0.2) is 12.0 Å². The maximum Gasteiger partial charge on any atom is 0.292 e. The minimum absolute atomic E-state index is 0.0812. The SMILES string of the molecule is COc1ccc(CNc2ccccc2[N+](=O)[O-])cc1C. The van der Waals surface area contributed by atoms with Crippen LogP contribution < -0.4 is 10.1 Å². The fourth-order valence-corrected chi connectivity index (χ4v) is 2.03. The van der Waals surface area contributed by atoms with Gasteiger partial charge in [-0.1, -0.05) is 24.3 Å². The Morgan fingerprint density at radius 3 is 2.65 bits per heavy atom. The quantitative estimate of drug-likeness (QED) is 0.668. The van der Waals surface area contributed by atoms with Crippen LogP contribution in [0, 0.1) is 17.0 Å². The molecule has 0 saturated heterocycles. The largest absolute Gasteiger partial charge is 0.496 e. The lowest BCUT2D eigenvalue weighted by molar-refractivity contribution is -0.384. The molecule has 104 valence electrons. The van der Waals surface area contributed by atoms with E-state index in [2.05, 4.69) is 5.32 Å². The van der Waals surface area contributed by atoms with Gasteiger partial charge in [0.1, 0.15) is 11.4 Å². The average Bonchev–Trinajstić information content (AvgIpc) is 2.45. The molecule has 0 radical (unpaired) electrons. The summed E-state index contributed by atoms with van der Waals surface area (Å²) in [5.41, 5.74) is 2.68. The van der Waals surface area contributed by atoms with Crippen molar-refractivity contribution in [3.63, 3.8) is 0 Å². The van der Waals surface area contributed by atoms with Crippen LogP contribution in [0.15, 0.2) is 42.5 Å². The van der Waals surface area contributed by atoms with Gasteiger partial charge in [0.05, 0.1) is 12.0 Å². The average molecular weight is 272 g/mol. The molecule has 0 aliphatic heterocycles. The van der Waals surface area contributed by atoms with Gasteiger partial charge in [0.25, 0.3) is 5.69 Å². The Bertz CT molecular complexity index is 626. The number of para-hydroxylation sites is 2. The molecular formula is C15H16N2O3. The van der Waals surface area contributed by atoms with Gasteiger partial charge in [-0.2, -0.15) is 0 Å². The van der Waals surface area contributed by atoms with Crippen molar-refractivity contribution in [2.75, 3.05) is 12.4 Å². The number of hydrogen-bond acceptors (Lipinski definition) is 4. The monoisotopic (exact) mass is 272 g/mol. The van der Waals surface area contributed by atoms with Crippen molar-refractivity contribution in [3.05, 3.63) is 63.7 Å². The lowest BCUT2D eigenvalue weighted by Gasteiger charge is -2.09. The van der Waals surface area contributed by atoms with Crippen molar-refractivity contribution in [1.82, 2.24) is 0 Å². The summed E-state index contributed by atoms with van der Waals surface area (Å²) < 4.78 is 5.20. The minimum atomic E-state index is -0.387. The third-order valence-electron chi connectivity index (χ3n) is 3.04. The van der Waals surface area contributed by atoms with Gasteiger partial charge < -0.3 is 10.1 Å². The van der Waals surface area contributed by atoms with Gasteiger partial charge in [0.15, 0.2) is 0 Å². The summed E-state index contributed by atoms with van der Waals surface area (Å²) >= 11 is 0. The molecule has 0 heterocycles. The van der Waals surface area contributed by atoms with Gasteiger partial charge in [0, 0.05) is 12.6 Å². The van der Waals surface area contributed by atoms with Crippen LogP contribution in [0.1, 0.15) is 11.1 Å². The first-order valence-corrected chi connectivity index (χ1v) is 6.22. The van der Waals surface area contributed by atoms with Crippen molar-refractivity contribution in [1.29, 1.82) is 0 Å². The number of nitrogens with one attached hydrogen (secondary N) is 1. The van der Waals surface area contributed by atoms with Crippen LogP contribution in [0.5, 0.6) is 5.75 Å². The lowest BCUT2D eigenvalue weighted by Crippen LogP contribution is -2.03. The van der Waals surface area contributed by atoms with Gasteiger partial charge in [-0.3, -0.25) is 10.1 Å². The number of benzene rings is 2.